The van der Waals surface area contributed by atoms with Gasteiger partial charge in [0.25, 0.3) is 5.91 Å². The molecule has 3 heterocycles. The summed E-state index contributed by atoms with van der Waals surface area (Å²) in [6, 6.07) is 15.0. The number of amides is 1. The summed E-state index contributed by atoms with van der Waals surface area (Å²) in [7, 11) is 0. The van der Waals surface area contributed by atoms with Crippen molar-refractivity contribution in [1.82, 2.24) is 9.78 Å². The first-order valence-electron chi connectivity index (χ1n) is 8.24. The van der Waals surface area contributed by atoms with E-state index in [1.807, 2.05) is 35.0 Å². The van der Waals surface area contributed by atoms with Gasteiger partial charge in [-0.25, -0.2) is 4.68 Å². The van der Waals surface area contributed by atoms with E-state index in [2.05, 4.69) is 5.32 Å². The minimum Gasteiger partial charge on any atom is -0.454 e. The zero-order valence-corrected chi connectivity index (χ0v) is 14.6. The number of benzene rings is 2. The van der Waals surface area contributed by atoms with Crippen LogP contribution in [0.25, 0.3) is 5.69 Å². The van der Waals surface area contributed by atoms with Gasteiger partial charge < -0.3 is 14.8 Å². The highest BCUT2D eigenvalue weighted by molar-refractivity contribution is 7.98. The summed E-state index contributed by atoms with van der Waals surface area (Å²) >= 11 is 1.80. The van der Waals surface area contributed by atoms with E-state index in [-0.39, 0.29) is 12.7 Å². The molecule has 0 saturated carbocycles. The Morgan fingerprint density at radius 3 is 2.81 bits per heavy atom. The maximum Gasteiger partial charge on any atom is 0.256 e. The Kier molecular flexibility index (Phi) is 3.60. The number of rotatable bonds is 3. The first kappa shape index (κ1) is 15.3. The number of hydrogen-bond donors (Lipinski definition) is 1. The van der Waals surface area contributed by atoms with Crippen molar-refractivity contribution in [2.45, 2.75) is 11.5 Å². The van der Waals surface area contributed by atoms with Crippen LogP contribution in [0.5, 0.6) is 11.5 Å². The van der Waals surface area contributed by atoms with E-state index >= 15 is 0 Å². The summed E-state index contributed by atoms with van der Waals surface area (Å²) in [5.74, 6) is 3.50. The summed E-state index contributed by atoms with van der Waals surface area (Å²) in [5, 5.41) is 7.75. The van der Waals surface area contributed by atoms with Crippen LogP contribution < -0.4 is 14.8 Å². The lowest BCUT2D eigenvalue weighted by Crippen LogP contribution is -2.16. The number of hydrogen-bond acceptors (Lipinski definition) is 5. The minimum absolute atomic E-state index is 0.186. The van der Waals surface area contributed by atoms with Crippen LogP contribution in [0.4, 0.5) is 5.82 Å². The minimum atomic E-state index is -0.194. The van der Waals surface area contributed by atoms with Gasteiger partial charge >= 0.3 is 0 Å². The van der Waals surface area contributed by atoms with Gasteiger partial charge in [0.2, 0.25) is 6.79 Å². The molecule has 130 valence electrons. The molecule has 0 spiro atoms. The Labute approximate surface area is 154 Å². The molecular weight excluding hydrogens is 350 g/mol. The molecule has 0 aliphatic carbocycles. The molecule has 0 unspecified atom stereocenters. The number of carbonyl (C=O) groups excluding carboxylic acids is 1. The predicted octanol–water partition coefficient (Wildman–Crippen LogP) is 3.60. The van der Waals surface area contributed by atoms with E-state index in [9.17, 15) is 4.79 Å². The molecule has 1 amide bonds. The zero-order chi connectivity index (χ0) is 17.5. The average Bonchev–Trinajstić information content (AvgIpc) is 3.38. The Morgan fingerprint density at radius 2 is 1.92 bits per heavy atom. The topological polar surface area (TPSA) is 65.4 Å². The third-order valence-corrected chi connectivity index (χ3v) is 5.39. The van der Waals surface area contributed by atoms with E-state index in [4.69, 9.17) is 14.6 Å². The summed E-state index contributed by atoms with van der Waals surface area (Å²) in [4.78, 5) is 12.8. The van der Waals surface area contributed by atoms with Crippen LogP contribution in [0.2, 0.25) is 0 Å². The monoisotopic (exact) mass is 365 g/mol. The van der Waals surface area contributed by atoms with E-state index < -0.39 is 0 Å². The van der Waals surface area contributed by atoms with Gasteiger partial charge in [0.15, 0.2) is 11.5 Å². The van der Waals surface area contributed by atoms with E-state index in [0.717, 1.165) is 34.3 Å². The molecule has 0 fully saturated rings. The second-order valence-corrected chi connectivity index (χ2v) is 7.02. The molecule has 26 heavy (non-hydrogen) atoms. The van der Waals surface area contributed by atoms with Crippen molar-refractivity contribution in [3.05, 3.63) is 65.4 Å². The van der Waals surface area contributed by atoms with Gasteiger partial charge in [-0.3, -0.25) is 4.79 Å². The lowest BCUT2D eigenvalue weighted by atomic mass is 10.2. The summed E-state index contributed by atoms with van der Waals surface area (Å²) in [5.41, 5.74) is 3.56. The van der Waals surface area contributed by atoms with Gasteiger partial charge in [0, 0.05) is 22.6 Å². The number of nitrogens with one attached hydrogen (secondary N) is 1. The molecule has 2 aromatic carbocycles. The van der Waals surface area contributed by atoms with Crippen LogP contribution in [0.3, 0.4) is 0 Å². The van der Waals surface area contributed by atoms with Crippen molar-refractivity contribution >= 4 is 23.5 Å². The third kappa shape index (κ3) is 2.52. The maximum atomic E-state index is 12.8. The molecule has 2 aliphatic rings. The van der Waals surface area contributed by atoms with E-state index in [1.54, 1.807) is 30.0 Å². The molecule has 0 saturated heterocycles. The smallest absolute Gasteiger partial charge is 0.256 e. The number of fused-ring (bicyclic) bond motifs is 2. The molecule has 1 aromatic heterocycles. The van der Waals surface area contributed by atoms with Gasteiger partial charge in [-0.15, -0.1) is 0 Å². The molecule has 5 rings (SSSR count). The quantitative estimate of drug-likeness (QED) is 0.768. The maximum absolute atomic E-state index is 12.8. The first-order chi connectivity index (χ1) is 12.8. The Bertz CT molecular complexity index is 1000. The average molecular weight is 365 g/mol. The summed E-state index contributed by atoms with van der Waals surface area (Å²) in [6.45, 7) is 0.186. The molecule has 0 radical (unpaired) electrons. The first-order valence-corrected chi connectivity index (χ1v) is 9.40. The predicted molar refractivity (Wildman–Crippen MR) is 99.1 cm³/mol. The SMILES string of the molecule is O=C(Nc1c2c(nn1-c1ccccc1)CSC2)c1ccc2c(c1)OCO2. The highest BCUT2D eigenvalue weighted by atomic mass is 32.2. The molecule has 2 aliphatic heterocycles. The zero-order valence-electron chi connectivity index (χ0n) is 13.8. The molecule has 0 bridgehead atoms. The van der Waals surface area contributed by atoms with Crippen molar-refractivity contribution < 1.29 is 14.3 Å². The molecule has 3 aromatic rings. The second-order valence-electron chi connectivity index (χ2n) is 6.04. The number of nitrogens with zero attached hydrogens (tertiary/aromatic N) is 2. The number of anilines is 1. The number of carbonyl (C=O) groups is 1. The standard InChI is InChI=1S/C19H15N3O3S/c23-19(12-6-7-16-17(8-12)25-11-24-16)20-18-14-9-26-10-15(14)21-22(18)13-4-2-1-3-5-13/h1-8H,9-11H2,(H,20,23). The van der Waals surface area contributed by atoms with E-state index in [0.29, 0.717) is 17.1 Å². The van der Waals surface area contributed by atoms with Gasteiger partial charge in [0.1, 0.15) is 5.82 Å². The van der Waals surface area contributed by atoms with Crippen LogP contribution in [-0.4, -0.2) is 22.5 Å². The van der Waals surface area contributed by atoms with Gasteiger partial charge in [-0.05, 0) is 30.3 Å². The fourth-order valence-corrected chi connectivity index (χ4v) is 4.15. The van der Waals surface area contributed by atoms with Crippen LogP contribution in [0.15, 0.2) is 48.5 Å². The molecule has 7 heteroatoms. The van der Waals surface area contributed by atoms with E-state index in [1.165, 1.54) is 0 Å². The largest absolute Gasteiger partial charge is 0.454 e. The highest BCUT2D eigenvalue weighted by Gasteiger charge is 2.25. The number of ether oxygens (including phenoxy) is 2. The summed E-state index contributed by atoms with van der Waals surface area (Å²) in [6.07, 6.45) is 0. The lowest BCUT2D eigenvalue weighted by Gasteiger charge is -2.11. The number of thioether (sulfide) groups is 1. The van der Waals surface area contributed by atoms with Crippen LogP contribution in [0, 0.1) is 0 Å². The van der Waals surface area contributed by atoms with Gasteiger partial charge in [-0.2, -0.15) is 16.9 Å². The fourth-order valence-electron chi connectivity index (χ4n) is 3.11. The van der Waals surface area contributed by atoms with Crippen molar-refractivity contribution in [2.24, 2.45) is 0 Å². The molecule has 1 N–H and O–H groups in total. The van der Waals surface area contributed by atoms with Crippen molar-refractivity contribution in [2.75, 3.05) is 12.1 Å². The van der Waals surface area contributed by atoms with Crippen LogP contribution >= 0.6 is 11.8 Å². The van der Waals surface area contributed by atoms with Gasteiger partial charge in [-0.1, -0.05) is 18.2 Å². The number of aromatic nitrogens is 2. The Morgan fingerprint density at radius 1 is 1.08 bits per heavy atom. The van der Waals surface area contributed by atoms with Gasteiger partial charge in [0.05, 0.1) is 11.4 Å². The lowest BCUT2D eigenvalue weighted by molar-refractivity contribution is 0.102. The Balaban J connectivity index is 1.51. The third-order valence-electron chi connectivity index (χ3n) is 4.42. The number of para-hydroxylation sites is 1. The molecular formula is C19H15N3O3S. The van der Waals surface area contributed by atoms with Crippen LogP contribution in [0.1, 0.15) is 21.6 Å². The normalized spacial score (nSPS) is 14.3. The second kappa shape index (κ2) is 6.10. The fraction of sp³-hybridized carbons (Fsp3) is 0.158. The molecule has 6 nitrogen and oxygen atoms in total. The van der Waals surface area contributed by atoms with Crippen molar-refractivity contribution in [3.8, 4) is 17.2 Å². The van der Waals surface area contributed by atoms with Crippen molar-refractivity contribution in [1.29, 1.82) is 0 Å². The summed E-state index contributed by atoms with van der Waals surface area (Å²) < 4.78 is 12.5. The Hall–Kier alpha value is -2.93. The highest BCUT2D eigenvalue weighted by Crippen LogP contribution is 2.37. The molecule has 0 atom stereocenters. The van der Waals surface area contributed by atoms with Crippen LogP contribution in [-0.2, 0) is 11.5 Å². The van der Waals surface area contributed by atoms with Crippen molar-refractivity contribution in [3.63, 3.8) is 0 Å².